The lowest BCUT2D eigenvalue weighted by Crippen LogP contribution is -2.18. The Kier molecular flexibility index (Phi) is 3.76. The van der Waals surface area contributed by atoms with Crippen LogP contribution in [0, 0.1) is 11.7 Å². The van der Waals surface area contributed by atoms with Gasteiger partial charge in [-0.15, -0.1) is 0 Å². The summed E-state index contributed by atoms with van der Waals surface area (Å²) in [6, 6.07) is 1.73. The molecule has 88 valence electrons. The van der Waals surface area contributed by atoms with Crippen LogP contribution >= 0.6 is 15.9 Å². The molecule has 5 heteroatoms. The van der Waals surface area contributed by atoms with E-state index in [4.69, 9.17) is 5.73 Å². The number of nitrogens with two attached hydrogens (primary N) is 1. The van der Waals surface area contributed by atoms with Gasteiger partial charge in [-0.2, -0.15) is 0 Å². The molecule has 1 saturated carbocycles. The molecule has 0 spiro atoms. The molecule has 1 heterocycles. The first kappa shape index (κ1) is 11.8. The first-order valence-corrected chi connectivity index (χ1v) is 6.25. The van der Waals surface area contributed by atoms with Gasteiger partial charge in [0.1, 0.15) is 0 Å². The van der Waals surface area contributed by atoms with Crippen LogP contribution in [0.15, 0.2) is 16.7 Å². The second-order valence-corrected chi connectivity index (χ2v) is 5.22. The fourth-order valence-corrected chi connectivity index (χ4v) is 2.39. The van der Waals surface area contributed by atoms with E-state index in [2.05, 4.69) is 26.2 Å². The number of pyridine rings is 1. The van der Waals surface area contributed by atoms with Crippen molar-refractivity contribution in [2.75, 3.05) is 11.9 Å². The first-order chi connectivity index (χ1) is 7.65. The molecule has 0 amide bonds. The number of halogens is 2. The molecule has 1 aromatic heterocycles. The second-order valence-electron chi connectivity index (χ2n) is 4.30. The van der Waals surface area contributed by atoms with Gasteiger partial charge in [-0.25, -0.2) is 9.37 Å². The second kappa shape index (κ2) is 5.10. The monoisotopic (exact) mass is 287 g/mol. The van der Waals surface area contributed by atoms with Gasteiger partial charge in [0.15, 0.2) is 11.6 Å². The first-order valence-electron chi connectivity index (χ1n) is 5.45. The zero-order valence-electron chi connectivity index (χ0n) is 8.92. The smallest absolute Gasteiger partial charge is 0.166 e. The zero-order chi connectivity index (χ0) is 11.5. The molecule has 1 aliphatic rings. The minimum Gasteiger partial charge on any atom is -0.367 e. The Morgan fingerprint density at radius 3 is 3.00 bits per heavy atom. The predicted molar refractivity (Wildman–Crippen MR) is 65.7 cm³/mol. The Labute approximate surface area is 103 Å². The predicted octanol–water partition coefficient (Wildman–Crippen LogP) is 2.52. The van der Waals surface area contributed by atoms with Crippen LogP contribution in [0.4, 0.5) is 10.2 Å². The molecule has 0 saturated heterocycles. The Hall–Kier alpha value is -0.680. The molecule has 3 N–H and O–H groups in total. The average molecular weight is 288 g/mol. The van der Waals surface area contributed by atoms with Gasteiger partial charge < -0.3 is 11.1 Å². The number of anilines is 1. The lowest BCUT2D eigenvalue weighted by atomic mass is 10.1. The molecule has 0 bridgehead atoms. The molecule has 2 unspecified atom stereocenters. The zero-order valence-corrected chi connectivity index (χ0v) is 10.5. The number of hydrogen-bond donors (Lipinski definition) is 2. The Morgan fingerprint density at radius 1 is 1.56 bits per heavy atom. The van der Waals surface area contributed by atoms with Crippen molar-refractivity contribution in [1.82, 2.24) is 4.98 Å². The van der Waals surface area contributed by atoms with Crippen molar-refractivity contribution < 1.29 is 4.39 Å². The Morgan fingerprint density at radius 2 is 2.38 bits per heavy atom. The SMILES string of the molecule is NC1CCC(CNc2ncc(Br)cc2F)C1. The minimum atomic E-state index is -0.323. The van der Waals surface area contributed by atoms with E-state index in [0.717, 1.165) is 25.8 Å². The molecular formula is C11H15BrFN3. The van der Waals surface area contributed by atoms with Crippen LogP contribution in [-0.2, 0) is 0 Å². The van der Waals surface area contributed by atoms with Crippen LogP contribution in [0.2, 0.25) is 0 Å². The van der Waals surface area contributed by atoms with Crippen molar-refractivity contribution in [1.29, 1.82) is 0 Å². The Balaban J connectivity index is 1.89. The summed E-state index contributed by atoms with van der Waals surface area (Å²) >= 11 is 3.17. The molecule has 0 aromatic carbocycles. The van der Waals surface area contributed by atoms with Crippen LogP contribution in [0.5, 0.6) is 0 Å². The van der Waals surface area contributed by atoms with Crippen molar-refractivity contribution in [2.45, 2.75) is 25.3 Å². The van der Waals surface area contributed by atoms with Crippen LogP contribution < -0.4 is 11.1 Å². The van der Waals surface area contributed by atoms with Gasteiger partial charge in [-0.05, 0) is 47.2 Å². The highest BCUT2D eigenvalue weighted by Gasteiger charge is 2.21. The topological polar surface area (TPSA) is 50.9 Å². The Bertz CT molecular complexity index is 372. The summed E-state index contributed by atoms with van der Waals surface area (Å²) in [6.45, 7) is 0.749. The number of rotatable bonds is 3. The summed E-state index contributed by atoms with van der Waals surface area (Å²) in [5.74, 6) is 0.542. The molecule has 2 rings (SSSR count). The third kappa shape index (κ3) is 2.92. The normalized spacial score (nSPS) is 24.7. The largest absolute Gasteiger partial charge is 0.367 e. The van der Waals surface area contributed by atoms with Gasteiger partial charge in [-0.1, -0.05) is 0 Å². The van der Waals surface area contributed by atoms with Crippen molar-refractivity contribution >= 4 is 21.7 Å². The molecule has 16 heavy (non-hydrogen) atoms. The lowest BCUT2D eigenvalue weighted by Gasteiger charge is -2.12. The van der Waals surface area contributed by atoms with Gasteiger partial charge in [0.2, 0.25) is 0 Å². The number of nitrogens with zero attached hydrogens (tertiary/aromatic N) is 1. The number of aromatic nitrogens is 1. The van der Waals surface area contributed by atoms with Crippen LogP contribution in [0.3, 0.4) is 0 Å². The van der Waals surface area contributed by atoms with Gasteiger partial charge in [0.25, 0.3) is 0 Å². The maximum atomic E-state index is 13.4. The van der Waals surface area contributed by atoms with Crippen LogP contribution in [0.1, 0.15) is 19.3 Å². The van der Waals surface area contributed by atoms with Crippen molar-refractivity contribution in [2.24, 2.45) is 11.7 Å². The molecule has 0 radical (unpaired) electrons. The third-order valence-electron chi connectivity index (χ3n) is 2.95. The van der Waals surface area contributed by atoms with Crippen LogP contribution in [-0.4, -0.2) is 17.6 Å². The third-order valence-corrected chi connectivity index (χ3v) is 3.38. The van der Waals surface area contributed by atoms with Gasteiger partial charge in [-0.3, -0.25) is 0 Å². The fourth-order valence-electron chi connectivity index (χ4n) is 2.08. The van der Waals surface area contributed by atoms with Gasteiger partial charge in [0, 0.05) is 23.3 Å². The van der Waals surface area contributed by atoms with Crippen molar-refractivity contribution in [3.05, 3.63) is 22.6 Å². The maximum Gasteiger partial charge on any atom is 0.166 e. The fraction of sp³-hybridized carbons (Fsp3) is 0.545. The van der Waals surface area contributed by atoms with E-state index in [1.54, 1.807) is 6.20 Å². The summed E-state index contributed by atoms with van der Waals surface area (Å²) in [6.07, 6.45) is 4.80. The summed E-state index contributed by atoms with van der Waals surface area (Å²) in [4.78, 5) is 3.99. The highest BCUT2D eigenvalue weighted by atomic mass is 79.9. The quantitative estimate of drug-likeness (QED) is 0.898. The molecule has 1 aliphatic carbocycles. The van der Waals surface area contributed by atoms with E-state index in [0.29, 0.717) is 22.3 Å². The minimum absolute atomic E-state index is 0.314. The van der Waals surface area contributed by atoms with E-state index in [9.17, 15) is 4.39 Å². The van der Waals surface area contributed by atoms with E-state index < -0.39 is 0 Å². The molecule has 3 nitrogen and oxygen atoms in total. The highest BCUT2D eigenvalue weighted by molar-refractivity contribution is 9.10. The highest BCUT2D eigenvalue weighted by Crippen LogP contribution is 2.24. The van der Waals surface area contributed by atoms with Crippen molar-refractivity contribution in [3.8, 4) is 0 Å². The molecule has 1 aromatic rings. The van der Waals surface area contributed by atoms with E-state index in [1.165, 1.54) is 6.07 Å². The molecule has 1 fully saturated rings. The standard InChI is InChI=1S/C11H15BrFN3/c12-8-4-10(13)11(16-6-8)15-5-7-1-2-9(14)3-7/h4,6-7,9H,1-3,5,14H2,(H,15,16). The van der Waals surface area contributed by atoms with Crippen LogP contribution in [0.25, 0.3) is 0 Å². The summed E-state index contributed by atoms with van der Waals surface area (Å²) < 4.78 is 14.1. The van der Waals surface area contributed by atoms with Gasteiger partial charge in [0.05, 0.1) is 0 Å². The summed E-state index contributed by atoms with van der Waals surface area (Å²) in [5.41, 5.74) is 5.82. The average Bonchev–Trinajstić information content (AvgIpc) is 2.63. The van der Waals surface area contributed by atoms with E-state index >= 15 is 0 Å². The molecule has 2 atom stereocenters. The molecule has 0 aliphatic heterocycles. The maximum absolute atomic E-state index is 13.4. The summed E-state index contributed by atoms with van der Waals surface area (Å²) in [5, 5.41) is 3.04. The molecular weight excluding hydrogens is 273 g/mol. The number of hydrogen-bond acceptors (Lipinski definition) is 3. The number of nitrogens with one attached hydrogen (secondary N) is 1. The van der Waals surface area contributed by atoms with E-state index in [1.807, 2.05) is 0 Å². The summed E-state index contributed by atoms with van der Waals surface area (Å²) in [7, 11) is 0. The van der Waals surface area contributed by atoms with Crippen molar-refractivity contribution in [3.63, 3.8) is 0 Å². The van der Waals surface area contributed by atoms with E-state index in [-0.39, 0.29) is 5.82 Å². The van der Waals surface area contributed by atoms with Gasteiger partial charge >= 0.3 is 0 Å². The lowest BCUT2D eigenvalue weighted by molar-refractivity contribution is 0.559.